The average Bonchev–Trinajstić information content (AvgIpc) is 2.46. The number of aryl methyl sites for hydroxylation is 4. The van der Waals surface area contributed by atoms with Crippen LogP contribution in [0.4, 0.5) is 0 Å². The van der Waals surface area contributed by atoms with Crippen molar-refractivity contribution in [3.8, 4) is 11.5 Å². The van der Waals surface area contributed by atoms with Gasteiger partial charge in [-0.15, -0.1) is 0 Å². The SMILES string of the molecule is Cc1cc(O)cc(C)c1C1C(O)C(c2c(C)cc(O)cc2C)C1O. The highest BCUT2D eigenvalue weighted by molar-refractivity contribution is 5.50. The van der Waals surface area contributed by atoms with Gasteiger partial charge in [0.15, 0.2) is 0 Å². The lowest BCUT2D eigenvalue weighted by molar-refractivity contribution is -0.0794. The monoisotopic (exact) mass is 328 g/mol. The number of aromatic hydroxyl groups is 2. The lowest BCUT2D eigenvalue weighted by Gasteiger charge is -2.49. The molecule has 128 valence electrons. The van der Waals surface area contributed by atoms with E-state index in [1.807, 2.05) is 27.7 Å². The van der Waals surface area contributed by atoms with Crippen LogP contribution in [0.5, 0.6) is 11.5 Å². The van der Waals surface area contributed by atoms with E-state index in [9.17, 15) is 20.4 Å². The van der Waals surface area contributed by atoms with Crippen molar-refractivity contribution < 1.29 is 20.4 Å². The second-order valence-electron chi connectivity index (χ2n) is 7.02. The molecule has 0 bridgehead atoms. The summed E-state index contributed by atoms with van der Waals surface area (Å²) in [7, 11) is 0. The van der Waals surface area contributed by atoms with E-state index in [2.05, 4.69) is 0 Å². The minimum absolute atomic E-state index is 0.193. The lowest BCUT2D eigenvalue weighted by atomic mass is 9.61. The molecule has 1 aliphatic rings. The molecule has 0 aromatic heterocycles. The van der Waals surface area contributed by atoms with Gasteiger partial charge in [-0.3, -0.25) is 0 Å². The Morgan fingerprint density at radius 3 is 1.08 bits per heavy atom. The molecule has 4 nitrogen and oxygen atoms in total. The summed E-state index contributed by atoms with van der Waals surface area (Å²) >= 11 is 0. The number of aliphatic hydroxyl groups is 2. The summed E-state index contributed by atoms with van der Waals surface area (Å²) in [5, 5.41) is 41.0. The first-order valence-electron chi connectivity index (χ1n) is 8.18. The summed E-state index contributed by atoms with van der Waals surface area (Å²) in [6.07, 6.45) is -1.41. The van der Waals surface area contributed by atoms with E-state index in [0.717, 1.165) is 33.4 Å². The minimum Gasteiger partial charge on any atom is -0.508 e. The van der Waals surface area contributed by atoms with Crippen LogP contribution in [0.3, 0.4) is 0 Å². The molecule has 0 atom stereocenters. The van der Waals surface area contributed by atoms with Crippen LogP contribution >= 0.6 is 0 Å². The molecule has 1 fully saturated rings. The molecule has 4 heteroatoms. The molecule has 4 N–H and O–H groups in total. The predicted molar refractivity (Wildman–Crippen MR) is 92.7 cm³/mol. The van der Waals surface area contributed by atoms with Gasteiger partial charge < -0.3 is 20.4 Å². The number of benzene rings is 2. The molecule has 1 saturated carbocycles. The molecular formula is C20H24O4. The van der Waals surface area contributed by atoms with Crippen molar-refractivity contribution in [3.63, 3.8) is 0 Å². The van der Waals surface area contributed by atoms with E-state index >= 15 is 0 Å². The van der Waals surface area contributed by atoms with Crippen molar-refractivity contribution in [3.05, 3.63) is 57.6 Å². The van der Waals surface area contributed by atoms with Gasteiger partial charge in [-0.25, -0.2) is 0 Å². The zero-order valence-corrected chi connectivity index (χ0v) is 14.4. The van der Waals surface area contributed by atoms with Crippen LogP contribution in [0.25, 0.3) is 0 Å². The van der Waals surface area contributed by atoms with E-state index in [0.29, 0.717) is 0 Å². The molecule has 0 saturated heterocycles. The van der Waals surface area contributed by atoms with Crippen LogP contribution in [0.2, 0.25) is 0 Å². The number of phenols is 2. The average molecular weight is 328 g/mol. The summed E-state index contributed by atoms with van der Waals surface area (Å²) in [5.74, 6) is -0.357. The van der Waals surface area contributed by atoms with Crippen molar-refractivity contribution in [1.82, 2.24) is 0 Å². The van der Waals surface area contributed by atoms with E-state index < -0.39 is 12.2 Å². The topological polar surface area (TPSA) is 80.9 Å². The molecule has 0 amide bonds. The third-order valence-corrected chi connectivity index (χ3v) is 5.30. The largest absolute Gasteiger partial charge is 0.508 e. The van der Waals surface area contributed by atoms with Gasteiger partial charge in [0.25, 0.3) is 0 Å². The smallest absolute Gasteiger partial charge is 0.116 e. The summed E-state index contributed by atoms with van der Waals surface area (Å²) in [6.45, 7) is 7.52. The Hall–Kier alpha value is -2.04. The van der Waals surface area contributed by atoms with E-state index in [4.69, 9.17) is 0 Å². The normalized spacial score (nSPS) is 26.2. The molecule has 0 aliphatic heterocycles. The summed E-state index contributed by atoms with van der Waals surface area (Å²) in [4.78, 5) is 0. The van der Waals surface area contributed by atoms with Crippen LogP contribution in [-0.2, 0) is 0 Å². The number of phenolic OH excluding ortho intramolecular Hbond substituents is 2. The Morgan fingerprint density at radius 1 is 0.583 bits per heavy atom. The number of aliphatic hydroxyl groups excluding tert-OH is 2. The third-order valence-electron chi connectivity index (χ3n) is 5.30. The first kappa shape index (κ1) is 16.8. The van der Waals surface area contributed by atoms with Crippen LogP contribution in [-0.4, -0.2) is 32.6 Å². The highest BCUT2D eigenvalue weighted by Gasteiger charge is 2.52. The molecule has 0 heterocycles. The Bertz CT molecular complexity index is 675. The first-order valence-corrected chi connectivity index (χ1v) is 8.18. The highest BCUT2D eigenvalue weighted by atomic mass is 16.3. The van der Waals surface area contributed by atoms with Gasteiger partial charge in [0.1, 0.15) is 11.5 Å². The van der Waals surface area contributed by atoms with Gasteiger partial charge in [-0.2, -0.15) is 0 Å². The number of hydrogen-bond donors (Lipinski definition) is 4. The van der Waals surface area contributed by atoms with Crippen LogP contribution in [0, 0.1) is 27.7 Å². The molecule has 0 radical (unpaired) electrons. The Balaban J connectivity index is 2.00. The Morgan fingerprint density at radius 2 is 0.833 bits per heavy atom. The zero-order chi connectivity index (χ0) is 17.8. The van der Waals surface area contributed by atoms with Crippen LogP contribution in [0.1, 0.15) is 45.2 Å². The molecule has 3 rings (SSSR count). The summed E-state index contributed by atoms with van der Waals surface area (Å²) < 4.78 is 0. The van der Waals surface area contributed by atoms with Crippen molar-refractivity contribution in [1.29, 1.82) is 0 Å². The first-order chi connectivity index (χ1) is 11.2. The second-order valence-corrected chi connectivity index (χ2v) is 7.02. The van der Waals surface area contributed by atoms with Crippen molar-refractivity contribution >= 4 is 0 Å². The lowest BCUT2D eigenvalue weighted by Crippen LogP contribution is -2.52. The molecule has 0 spiro atoms. The predicted octanol–water partition coefficient (Wildman–Crippen LogP) is 2.93. The molecular weight excluding hydrogens is 304 g/mol. The van der Waals surface area contributed by atoms with Gasteiger partial charge in [-0.05, 0) is 85.3 Å². The maximum Gasteiger partial charge on any atom is 0.116 e. The summed E-state index contributed by atoms with van der Waals surface area (Å²) in [6, 6.07) is 6.64. The fourth-order valence-corrected chi connectivity index (χ4v) is 4.34. The van der Waals surface area contributed by atoms with Gasteiger partial charge in [0.05, 0.1) is 12.2 Å². The molecule has 2 aromatic carbocycles. The maximum absolute atomic E-state index is 10.8. The van der Waals surface area contributed by atoms with E-state index in [-0.39, 0.29) is 23.3 Å². The maximum atomic E-state index is 10.8. The van der Waals surface area contributed by atoms with Crippen LogP contribution < -0.4 is 0 Å². The zero-order valence-electron chi connectivity index (χ0n) is 14.4. The van der Waals surface area contributed by atoms with Gasteiger partial charge in [0.2, 0.25) is 0 Å². The molecule has 24 heavy (non-hydrogen) atoms. The third kappa shape index (κ3) is 2.46. The Kier molecular flexibility index (Phi) is 4.06. The fraction of sp³-hybridized carbons (Fsp3) is 0.400. The minimum atomic E-state index is -0.705. The number of hydrogen-bond acceptors (Lipinski definition) is 4. The molecule has 1 aliphatic carbocycles. The fourth-order valence-electron chi connectivity index (χ4n) is 4.34. The van der Waals surface area contributed by atoms with Crippen molar-refractivity contribution in [2.45, 2.75) is 51.7 Å². The van der Waals surface area contributed by atoms with E-state index in [1.54, 1.807) is 24.3 Å². The second kappa shape index (κ2) is 5.80. The number of rotatable bonds is 2. The van der Waals surface area contributed by atoms with Crippen molar-refractivity contribution in [2.24, 2.45) is 0 Å². The summed E-state index contributed by atoms with van der Waals surface area (Å²) in [5.41, 5.74) is 5.28. The van der Waals surface area contributed by atoms with Crippen molar-refractivity contribution in [2.75, 3.05) is 0 Å². The highest BCUT2D eigenvalue weighted by Crippen LogP contribution is 2.51. The van der Waals surface area contributed by atoms with Gasteiger partial charge in [-0.1, -0.05) is 0 Å². The molecule has 0 unspecified atom stereocenters. The van der Waals surface area contributed by atoms with E-state index in [1.165, 1.54) is 0 Å². The Labute approximate surface area is 142 Å². The van der Waals surface area contributed by atoms with Gasteiger partial charge in [0, 0.05) is 11.8 Å². The standard InChI is InChI=1S/C20H24O4/c1-9-5-13(21)6-10(2)15(9)17-19(23)18(20(17)24)16-11(3)7-14(22)8-12(16)4/h5-8,17-24H,1-4H3. The van der Waals surface area contributed by atoms with Crippen LogP contribution in [0.15, 0.2) is 24.3 Å². The van der Waals surface area contributed by atoms with Gasteiger partial charge >= 0.3 is 0 Å². The molecule has 2 aromatic rings. The quantitative estimate of drug-likeness (QED) is 0.683.